The van der Waals surface area contributed by atoms with Gasteiger partial charge < -0.3 is 14.5 Å². The molecule has 1 saturated heterocycles. The molecule has 4 rings (SSSR count). The number of amides is 2. The number of hydrogen-bond donors (Lipinski definition) is 0. The van der Waals surface area contributed by atoms with Crippen molar-refractivity contribution in [1.82, 2.24) is 9.80 Å². The van der Waals surface area contributed by atoms with Crippen LogP contribution in [-0.4, -0.2) is 47.9 Å². The van der Waals surface area contributed by atoms with E-state index in [1.54, 1.807) is 0 Å². The summed E-state index contributed by atoms with van der Waals surface area (Å²) < 4.78 is 5.84. The van der Waals surface area contributed by atoms with E-state index in [1.807, 2.05) is 15.9 Å². The average Bonchev–Trinajstić information content (AvgIpc) is 3.52. The van der Waals surface area contributed by atoms with Crippen LogP contribution in [0.2, 0.25) is 0 Å². The standard InChI is InChI=1S/C21H28N2O3/c24-20(22-10-2-1-3-11-22)9-5-16-4-8-19-18(14-16)15-23(12-13-26-19)21(25)17-6-7-17/h4,8,14,17H,1-3,5-7,9-13,15H2. The zero-order chi connectivity index (χ0) is 17.9. The Morgan fingerprint density at radius 2 is 1.85 bits per heavy atom. The third-order valence-electron chi connectivity index (χ3n) is 5.68. The molecular formula is C21H28N2O3. The number of carbonyl (C=O) groups is 2. The Morgan fingerprint density at radius 3 is 2.62 bits per heavy atom. The summed E-state index contributed by atoms with van der Waals surface area (Å²) in [4.78, 5) is 28.7. The largest absolute Gasteiger partial charge is 0.491 e. The molecular weight excluding hydrogens is 328 g/mol. The highest BCUT2D eigenvalue weighted by atomic mass is 16.5. The highest BCUT2D eigenvalue weighted by molar-refractivity contribution is 5.81. The summed E-state index contributed by atoms with van der Waals surface area (Å²) >= 11 is 0. The third-order valence-corrected chi connectivity index (χ3v) is 5.68. The maximum atomic E-state index is 12.4. The van der Waals surface area contributed by atoms with Gasteiger partial charge in [-0.3, -0.25) is 9.59 Å². The fourth-order valence-electron chi connectivity index (χ4n) is 3.93. The van der Waals surface area contributed by atoms with Gasteiger partial charge in [-0.15, -0.1) is 0 Å². The van der Waals surface area contributed by atoms with Crippen LogP contribution in [0, 0.1) is 5.92 Å². The van der Waals surface area contributed by atoms with Gasteiger partial charge in [-0.25, -0.2) is 0 Å². The fourth-order valence-corrected chi connectivity index (χ4v) is 3.93. The van der Waals surface area contributed by atoms with Gasteiger partial charge in [0.1, 0.15) is 12.4 Å². The van der Waals surface area contributed by atoms with E-state index in [2.05, 4.69) is 12.1 Å². The highest BCUT2D eigenvalue weighted by Gasteiger charge is 2.34. The van der Waals surface area contributed by atoms with Crippen LogP contribution < -0.4 is 4.74 Å². The van der Waals surface area contributed by atoms with Gasteiger partial charge in [-0.05, 0) is 50.2 Å². The van der Waals surface area contributed by atoms with Crippen molar-refractivity contribution in [3.63, 3.8) is 0 Å². The van der Waals surface area contributed by atoms with Gasteiger partial charge in [0.2, 0.25) is 11.8 Å². The van der Waals surface area contributed by atoms with Crippen LogP contribution in [0.5, 0.6) is 5.75 Å². The molecule has 1 aliphatic carbocycles. The van der Waals surface area contributed by atoms with Crippen molar-refractivity contribution >= 4 is 11.8 Å². The van der Waals surface area contributed by atoms with Crippen LogP contribution in [0.1, 0.15) is 49.7 Å². The van der Waals surface area contributed by atoms with Crippen LogP contribution >= 0.6 is 0 Å². The minimum atomic E-state index is 0.238. The normalized spacial score (nSPS) is 20.2. The van der Waals surface area contributed by atoms with E-state index in [1.165, 1.54) is 6.42 Å². The molecule has 0 spiro atoms. The van der Waals surface area contributed by atoms with Crippen LogP contribution in [0.15, 0.2) is 18.2 Å². The van der Waals surface area contributed by atoms with Crippen LogP contribution in [0.4, 0.5) is 0 Å². The lowest BCUT2D eigenvalue weighted by Crippen LogP contribution is -2.35. The zero-order valence-corrected chi connectivity index (χ0v) is 15.4. The third kappa shape index (κ3) is 4.02. The van der Waals surface area contributed by atoms with Crippen molar-refractivity contribution in [2.24, 2.45) is 5.92 Å². The minimum absolute atomic E-state index is 0.238. The Labute approximate surface area is 155 Å². The molecule has 2 heterocycles. The Hall–Kier alpha value is -2.04. The number of carbonyl (C=O) groups excluding carboxylic acids is 2. The summed E-state index contributed by atoms with van der Waals surface area (Å²) in [5.41, 5.74) is 2.22. The second-order valence-corrected chi connectivity index (χ2v) is 7.77. The molecule has 3 aliphatic rings. The topological polar surface area (TPSA) is 49.9 Å². The number of likely N-dealkylation sites (tertiary alicyclic amines) is 1. The van der Waals surface area contributed by atoms with E-state index in [4.69, 9.17) is 4.74 Å². The molecule has 0 bridgehead atoms. The number of fused-ring (bicyclic) bond motifs is 1. The second kappa shape index (κ2) is 7.68. The predicted octanol–water partition coefficient (Wildman–Crippen LogP) is 2.76. The van der Waals surface area contributed by atoms with Crippen molar-refractivity contribution in [3.05, 3.63) is 29.3 Å². The number of rotatable bonds is 4. The lowest BCUT2D eigenvalue weighted by molar-refractivity contribution is -0.133. The number of hydrogen-bond acceptors (Lipinski definition) is 3. The Morgan fingerprint density at radius 1 is 1.04 bits per heavy atom. The van der Waals surface area contributed by atoms with E-state index >= 15 is 0 Å². The molecule has 2 fully saturated rings. The Balaban J connectivity index is 1.39. The molecule has 26 heavy (non-hydrogen) atoms. The van der Waals surface area contributed by atoms with Gasteiger partial charge in [0.05, 0.1) is 6.54 Å². The highest BCUT2D eigenvalue weighted by Crippen LogP contribution is 2.33. The molecule has 0 N–H and O–H groups in total. The smallest absolute Gasteiger partial charge is 0.226 e. The Kier molecular flexibility index (Phi) is 5.14. The summed E-state index contributed by atoms with van der Waals surface area (Å²) in [5.74, 6) is 1.65. The van der Waals surface area contributed by atoms with Gasteiger partial charge in [-0.1, -0.05) is 12.1 Å². The second-order valence-electron chi connectivity index (χ2n) is 7.77. The van der Waals surface area contributed by atoms with E-state index in [9.17, 15) is 9.59 Å². The molecule has 1 saturated carbocycles. The first kappa shape index (κ1) is 17.4. The monoisotopic (exact) mass is 356 g/mol. The van der Waals surface area contributed by atoms with Crippen molar-refractivity contribution in [1.29, 1.82) is 0 Å². The van der Waals surface area contributed by atoms with Crippen LogP contribution in [-0.2, 0) is 22.6 Å². The molecule has 0 radical (unpaired) electrons. The van der Waals surface area contributed by atoms with Gasteiger partial charge in [0, 0.05) is 37.5 Å². The summed E-state index contributed by atoms with van der Waals surface area (Å²) in [6, 6.07) is 6.18. The molecule has 0 atom stereocenters. The SMILES string of the molecule is O=C(CCc1ccc2c(c1)CN(C(=O)C1CC1)CCO2)N1CCCCC1. The van der Waals surface area contributed by atoms with Crippen molar-refractivity contribution in [3.8, 4) is 5.75 Å². The molecule has 140 valence electrons. The van der Waals surface area contributed by atoms with Crippen LogP contribution in [0.3, 0.4) is 0 Å². The number of aryl methyl sites for hydroxylation is 1. The Bertz CT molecular complexity index is 678. The predicted molar refractivity (Wildman–Crippen MR) is 98.8 cm³/mol. The number of ether oxygens (including phenoxy) is 1. The van der Waals surface area contributed by atoms with Gasteiger partial charge in [0.25, 0.3) is 0 Å². The van der Waals surface area contributed by atoms with Crippen molar-refractivity contribution in [2.75, 3.05) is 26.2 Å². The first-order chi connectivity index (χ1) is 12.7. The van der Waals surface area contributed by atoms with E-state index in [0.717, 1.165) is 62.1 Å². The summed E-state index contributed by atoms with van der Waals surface area (Å²) in [7, 11) is 0. The van der Waals surface area contributed by atoms with Crippen molar-refractivity contribution < 1.29 is 14.3 Å². The lowest BCUT2D eigenvalue weighted by atomic mass is 10.0. The fraction of sp³-hybridized carbons (Fsp3) is 0.619. The van der Waals surface area contributed by atoms with E-state index in [0.29, 0.717) is 26.1 Å². The molecule has 5 heteroatoms. The minimum Gasteiger partial charge on any atom is -0.491 e. The summed E-state index contributed by atoms with van der Waals surface area (Å²) in [6.07, 6.45) is 6.87. The maximum Gasteiger partial charge on any atom is 0.226 e. The van der Waals surface area contributed by atoms with Gasteiger partial charge >= 0.3 is 0 Å². The molecule has 1 aromatic rings. The quantitative estimate of drug-likeness (QED) is 0.833. The summed E-state index contributed by atoms with van der Waals surface area (Å²) in [6.45, 7) is 3.66. The van der Waals surface area contributed by atoms with E-state index in [-0.39, 0.29) is 17.7 Å². The van der Waals surface area contributed by atoms with E-state index < -0.39 is 0 Å². The van der Waals surface area contributed by atoms with Crippen molar-refractivity contribution in [2.45, 2.75) is 51.5 Å². The zero-order valence-electron chi connectivity index (χ0n) is 15.4. The number of nitrogens with zero attached hydrogens (tertiary/aromatic N) is 2. The number of benzene rings is 1. The first-order valence-electron chi connectivity index (χ1n) is 10.0. The average molecular weight is 356 g/mol. The van der Waals surface area contributed by atoms with Crippen LogP contribution in [0.25, 0.3) is 0 Å². The molecule has 0 unspecified atom stereocenters. The van der Waals surface area contributed by atoms with Gasteiger partial charge in [-0.2, -0.15) is 0 Å². The lowest BCUT2D eigenvalue weighted by Gasteiger charge is -2.26. The molecule has 2 amide bonds. The first-order valence-corrected chi connectivity index (χ1v) is 10.0. The molecule has 5 nitrogen and oxygen atoms in total. The number of piperidine rings is 1. The molecule has 0 aromatic heterocycles. The summed E-state index contributed by atoms with van der Waals surface area (Å²) in [5, 5.41) is 0. The molecule has 1 aromatic carbocycles. The molecule has 2 aliphatic heterocycles. The maximum absolute atomic E-state index is 12.4. The van der Waals surface area contributed by atoms with Gasteiger partial charge in [0.15, 0.2) is 0 Å².